The third-order valence-electron chi connectivity index (χ3n) is 4.60. The van der Waals surface area contributed by atoms with Gasteiger partial charge >= 0.3 is 0 Å². The molecule has 0 radical (unpaired) electrons. The van der Waals surface area contributed by atoms with Crippen LogP contribution in [0.1, 0.15) is 32.8 Å². The maximum absolute atomic E-state index is 13.1. The van der Waals surface area contributed by atoms with Crippen molar-refractivity contribution in [3.8, 4) is 0 Å². The van der Waals surface area contributed by atoms with Crippen molar-refractivity contribution in [2.24, 2.45) is 5.92 Å². The molecule has 2 rings (SSSR count). The second-order valence-electron chi connectivity index (χ2n) is 6.74. The zero-order chi connectivity index (χ0) is 17.5. The molecule has 4 nitrogen and oxygen atoms in total. The molecule has 1 fully saturated rings. The molecular formula is C19H29FN2O2. The fourth-order valence-corrected chi connectivity index (χ4v) is 3.22. The molecule has 134 valence electrons. The Labute approximate surface area is 144 Å². The smallest absolute Gasteiger partial charge is 0.248 e. The highest BCUT2D eigenvalue weighted by atomic mass is 19.1. The van der Waals surface area contributed by atoms with Crippen molar-refractivity contribution in [2.45, 2.75) is 39.8 Å². The van der Waals surface area contributed by atoms with Gasteiger partial charge in [-0.25, -0.2) is 4.39 Å². The molecule has 0 N–H and O–H groups in total. The molecule has 0 aromatic heterocycles. The van der Waals surface area contributed by atoms with Gasteiger partial charge in [0, 0.05) is 38.8 Å². The summed E-state index contributed by atoms with van der Waals surface area (Å²) in [4.78, 5) is 16.7. The van der Waals surface area contributed by atoms with Gasteiger partial charge in [0.1, 0.15) is 12.4 Å². The molecule has 1 aromatic carbocycles. The van der Waals surface area contributed by atoms with E-state index in [1.807, 2.05) is 24.0 Å². The maximum Gasteiger partial charge on any atom is 0.248 e. The van der Waals surface area contributed by atoms with E-state index in [4.69, 9.17) is 4.74 Å². The molecule has 0 spiro atoms. The van der Waals surface area contributed by atoms with Gasteiger partial charge in [0.15, 0.2) is 0 Å². The number of hydrogen-bond donors (Lipinski definition) is 0. The predicted molar refractivity (Wildman–Crippen MR) is 93.1 cm³/mol. The van der Waals surface area contributed by atoms with Gasteiger partial charge in [-0.3, -0.25) is 9.69 Å². The first-order valence-electron chi connectivity index (χ1n) is 8.85. The van der Waals surface area contributed by atoms with Crippen LogP contribution in [0.3, 0.4) is 0 Å². The largest absolute Gasteiger partial charge is 0.372 e. The Balaban J connectivity index is 2.05. The highest BCUT2D eigenvalue weighted by molar-refractivity contribution is 5.77. The molecule has 1 aliphatic heterocycles. The van der Waals surface area contributed by atoms with E-state index in [-0.39, 0.29) is 18.3 Å². The molecule has 1 heterocycles. The zero-order valence-corrected chi connectivity index (χ0v) is 15.0. The number of amides is 1. The summed E-state index contributed by atoms with van der Waals surface area (Å²) in [5.41, 5.74) is 1.11. The lowest BCUT2D eigenvalue weighted by molar-refractivity contribution is -0.136. The molecule has 1 aliphatic rings. The van der Waals surface area contributed by atoms with Crippen LogP contribution in [0, 0.1) is 11.7 Å². The van der Waals surface area contributed by atoms with Crippen LogP contribution >= 0.6 is 0 Å². The first-order valence-corrected chi connectivity index (χ1v) is 8.85. The second kappa shape index (κ2) is 9.14. The minimum Gasteiger partial charge on any atom is -0.372 e. The average Bonchev–Trinajstić information content (AvgIpc) is 2.77. The standard InChI is InChI=1S/C19H29FN2O2/c1-4-24-14-19(23)22-11-5-10-21(18(13-22)15(2)3)12-16-6-8-17(20)9-7-16/h6-9,15,18H,4-5,10-14H2,1-3H3/t18-/m1/s1. The van der Waals surface area contributed by atoms with Crippen molar-refractivity contribution in [3.05, 3.63) is 35.6 Å². The Bertz CT molecular complexity index is 519. The quantitative estimate of drug-likeness (QED) is 0.801. The minimum absolute atomic E-state index is 0.0751. The Morgan fingerprint density at radius 3 is 2.62 bits per heavy atom. The third-order valence-corrected chi connectivity index (χ3v) is 4.60. The van der Waals surface area contributed by atoms with Gasteiger partial charge in [-0.15, -0.1) is 0 Å². The lowest BCUT2D eigenvalue weighted by atomic mass is 10.0. The van der Waals surface area contributed by atoms with Gasteiger partial charge in [0.2, 0.25) is 5.91 Å². The van der Waals surface area contributed by atoms with Crippen LogP contribution in [0.15, 0.2) is 24.3 Å². The van der Waals surface area contributed by atoms with Crippen molar-refractivity contribution in [1.29, 1.82) is 0 Å². The summed E-state index contributed by atoms with van der Waals surface area (Å²) in [6, 6.07) is 7.00. The van der Waals surface area contributed by atoms with Gasteiger partial charge in [-0.2, -0.15) is 0 Å². The number of carbonyl (C=O) groups is 1. The van der Waals surface area contributed by atoms with Gasteiger partial charge in [0.25, 0.3) is 0 Å². The number of hydrogen-bond acceptors (Lipinski definition) is 3. The molecule has 5 heteroatoms. The molecule has 1 saturated heterocycles. The van der Waals surface area contributed by atoms with Crippen molar-refractivity contribution >= 4 is 5.91 Å². The summed E-state index contributed by atoms with van der Waals surface area (Å²) in [6.45, 7) is 10.2. The lowest BCUT2D eigenvalue weighted by Crippen LogP contribution is -2.46. The van der Waals surface area contributed by atoms with Gasteiger partial charge < -0.3 is 9.64 Å². The molecule has 24 heavy (non-hydrogen) atoms. The van der Waals surface area contributed by atoms with Crippen LogP contribution in [-0.4, -0.2) is 54.6 Å². The molecule has 0 aliphatic carbocycles. The van der Waals surface area contributed by atoms with E-state index in [1.165, 1.54) is 12.1 Å². The summed E-state index contributed by atoms with van der Waals surface area (Å²) >= 11 is 0. The average molecular weight is 336 g/mol. The summed E-state index contributed by atoms with van der Waals surface area (Å²) in [7, 11) is 0. The lowest BCUT2D eigenvalue weighted by Gasteiger charge is -2.34. The first-order chi connectivity index (χ1) is 11.5. The van der Waals surface area contributed by atoms with Crippen molar-refractivity contribution in [3.63, 3.8) is 0 Å². The highest BCUT2D eigenvalue weighted by Crippen LogP contribution is 2.20. The van der Waals surface area contributed by atoms with Crippen LogP contribution in [-0.2, 0) is 16.1 Å². The van der Waals surface area contributed by atoms with Crippen LogP contribution in [0.25, 0.3) is 0 Å². The summed E-state index contributed by atoms with van der Waals surface area (Å²) in [5.74, 6) is 0.305. The molecule has 1 amide bonds. The van der Waals surface area contributed by atoms with E-state index < -0.39 is 0 Å². The summed E-state index contributed by atoms with van der Waals surface area (Å²) in [6.07, 6.45) is 0.947. The number of benzene rings is 1. The van der Waals surface area contributed by atoms with Crippen molar-refractivity contribution in [1.82, 2.24) is 9.80 Å². The normalized spacial score (nSPS) is 19.5. The van der Waals surface area contributed by atoms with Gasteiger partial charge in [-0.05, 0) is 37.0 Å². The molecular weight excluding hydrogens is 307 g/mol. The zero-order valence-electron chi connectivity index (χ0n) is 15.0. The molecule has 1 atom stereocenters. The summed E-state index contributed by atoms with van der Waals surface area (Å²) in [5, 5.41) is 0. The SMILES string of the molecule is CCOCC(=O)N1CCCN(Cc2ccc(F)cc2)[C@@H](C(C)C)C1. The number of halogens is 1. The number of carbonyl (C=O) groups excluding carboxylic acids is 1. The van der Waals surface area contributed by atoms with Crippen molar-refractivity contribution < 1.29 is 13.9 Å². The van der Waals surface area contributed by atoms with E-state index >= 15 is 0 Å². The Kier molecular flexibility index (Phi) is 7.18. The van der Waals surface area contributed by atoms with Gasteiger partial charge in [-0.1, -0.05) is 26.0 Å². The van der Waals surface area contributed by atoms with Crippen LogP contribution in [0.2, 0.25) is 0 Å². The molecule has 0 bridgehead atoms. The Morgan fingerprint density at radius 2 is 2.00 bits per heavy atom. The maximum atomic E-state index is 13.1. The molecule has 0 saturated carbocycles. The van der Waals surface area contributed by atoms with Crippen LogP contribution in [0.4, 0.5) is 4.39 Å². The fourth-order valence-electron chi connectivity index (χ4n) is 3.22. The highest BCUT2D eigenvalue weighted by Gasteiger charge is 2.29. The van der Waals surface area contributed by atoms with E-state index in [1.54, 1.807) is 0 Å². The van der Waals surface area contributed by atoms with E-state index in [2.05, 4.69) is 18.7 Å². The number of rotatable bonds is 6. The van der Waals surface area contributed by atoms with E-state index in [0.29, 0.717) is 18.6 Å². The van der Waals surface area contributed by atoms with E-state index in [9.17, 15) is 9.18 Å². The predicted octanol–water partition coefficient (Wildman–Crippen LogP) is 2.92. The molecule has 0 unspecified atom stereocenters. The molecule has 1 aromatic rings. The van der Waals surface area contributed by atoms with Crippen molar-refractivity contribution in [2.75, 3.05) is 32.8 Å². The Morgan fingerprint density at radius 1 is 1.29 bits per heavy atom. The number of nitrogens with zero attached hydrogens (tertiary/aromatic N) is 2. The topological polar surface area (TPSA) is 32.8 Å². The van der Waals surface area contributed by atoms with Crippen LogP contribution < -0.4 is 0 Å². The van der Waals surface area contributed by atoms with E-state index in [0.717, 1.165) is 38.2 Å². The van der Waals surface area contributed by atoms with Gasteiger partial charge in [0.05, 0.1) is 0 Å². The summed E-state index contributed by atoms with van der Waals surface area (Å²) < 4.78 is 18.4. The fraction of sp³-hybridized carbons (Fsp3) is 0.632. The first kappa shape index (κ1) is 18.9. The number of ether oxygens (including phenoxy) is 1. The second-order valence-corrected chi connectivity index (χ2v) is 6.74. The minimum atomic E-state index is -0.206. The van der Waals surface area contributed by atoms with Crippen LogP contribution in [0.5, 0.6) is 0 Å². The Hall–Kier alpha value is -1.46. The monoisotopic (exact) mass is 336 g/mol. The third kappa shape index (κ3) is 5.28.